The Balaban J connectivity index is 1.44. The molecule has 0 spiro atoms. The molecule has 0 aliphatic carbocycles. The molecule has 1 N–H and O–H groups in total. The van der Waals surface area contributed by atoms with Crippen molar-refractivity contribution in [3.05, 3.63) is 78.0 Å². The molecule has 154 valence electrons. The van der Waals surface area contributed by atoms with Gasteiger partial charge in [-0.15, -0.1) is 0 Å². The molecular formula is C25H27N3O2. The Morgan fingerprint density at radius 1 is 1.10 bits per heavy atom. The second-order valence-electron chi connectivity index (χ2n) is 8.75. The number of rotatable bonds is 5. The molecule has 2 bridgehead atoms. The number of carbonyl (C=O) groups excluding carboxylic acids is 1. The highest BCUT2D eigenvalue weighted by molar-refractivity contribution is 5.94. The highest BCUT2D eigenvalue weighted by Gasteiger charge is 2.57. The lowest BCUT2D eigenvalue weighted by Crippen LogP contribution is -2.44. The number of hydrogen-bond acceptors (Lipinski definition) is 3. The van der Waals surface area contributed by atoms with Crippen molar-refractivity contribution in [1.29, 1.82) is 0 Å². The zero-order valence-corrected chi connectivity index (χ0v) is 17.2. The van der Waals surface area contributed by atoms with Gasteiger partial charge in [0.25, 0.3) is 5.91 Å². The molecule has 2 fully saturated rings. The molecule has 3 aromatic rings. The first-order valence-electron chi connectivity index (χ1n) is 10.7. The number of aryl methyl sites for hydroxylation is 1. The fourth-order valence-electron chi connectivity index (χ4n) is 5.57. The van der Waals surface area contributed by atoms with E-state index in [9.17, 15) is 9.90 Å². The van der Waals surface area contributed by atoms with Crippen LogP contribution in [0.1, 0.15) is 35.3 Å². The average molecular weight is 402 g/mol. The van der Waals surface area contributed by atoms with Crippen molar-refractivity contribution in [2.45, 2.75) is 37.8 Å². The number of aliphatic hydroxyl groups excluding tert-OH is 1. The summed E-state index contributed by atoms with van der Waals surface area (Å²) < 4.78 is 1.69. The molecule has 3 atom stereocenters. The topological polar surface area (TPSA) is 58.4 Å². The van der Waals surface area contributed by atoms with Gasteiger partial charge in [-0.2, -0.15) is 5.10 Å². The molecule has 1 aromatic heterocycles. The second-order valence-corrected chi connectivity index (χ2v) is 8.75. The number of benzene rings is 2. The SMILES string of the molecule is Cn1nc(-c2ccccc2)cc1C(=O)N1[C@H]2CC[C@@H]1[C@@](CO)(Cc1ccccc1)C2. The number of aromatic nitrogens is 2. The Morgan fingerprint density at radius 2 is 1.80 bits per heavy atom. The van der Waals surface area contributed by atoms with Gasteiger partial charge in [0.1, 0.15) is 5.69 Å². The minimum absolute atomic E-state index is 0.0306. The van der Waals surface area contributed by atoms with Crippen molar-refractivity contribution in [3.63, 3.8) is 0 Å². The summed E-state index contributed by atoms with van der Waals surface area (Å²) in [7, 11) is 1.83. The van der Waals surface area contributed by atoms with E-state index >= 15 is 0 Å². The summed E-state index contributed by atoms with van der Waals surface area (Å²) in [6.07, 6.45) is 3.62. The maximum Gasteiger partial charge on any atom is 0.272 e. The van der Waals surface area contributed by atoms with Crippen LogP contribution in [0.25, 0.3) is 11.3 Å². The maximum absolute atomic E-state index is 13.6. The fraction of sp³-hybridized carbons (Fsp3) is 0.360. The Bertz CT molecular complexity index is 1050. The van der Waals surface area contributed by atoms with Crippen molar-refractivity contribution >= 4 is 5.91 Å². The van der Waals surface area contributed by atoms with Gasteiger partial charge in [0.15, 0.2) is 0 Å². The van der Waals surface area contributed by atoms with Crippen LogP contribution in [0.5, 0.6) is 0 Å². The standard InChI is InChI=1S/C25H27N3O2/c1-27-22(14-21(26-27)19-10-6-3-7-11-19)24(30)28-20-12-13-23(28)25(16-20,17-29)15-18-8-4-2-5-9-18/h2-11,14,20,23,29H,12-13,15-17H2,1H3/t20-,23+,25-/m0/s1. The molecule has 5 nitrogen and oxygen atoms in total. The summed E-state index contributed by atoms with van der Waals surface area (Å²) in [6, 6.07) is 22.4. The lowest BCUT2D eigenvalue weighted by Gasteiger charge is -2.36. The van der Waals surface area contributed by atoms with Gasteiger partial charge in [0.05, 0.1) is 12.3 Å². The third-order valence-corrected chi connectivity index (χ3v) is 6.97. The van der Waals surface area contributed by atoms with E-state index in [1.165, 1.54) is 5.56 Å². The molecule has 5 rings (SSSR count). The smallest absolute Gasteiger partial charge is 0.272 e. The summed E-state index contributed by atoms with van der Waals surface area (Å²) in [6.45, 7) is 0.105. The second kappa shape index (κ2) is 7.40. The molecule has 0 unspecified atom stereocenters. The van der Waals surface area contributed by atoms with E-state index in [0.29, 0.717) is 5.69 Å². The van der Waals surface area contributed by atoms with Gasteiger partial charge in [0.2, 0.25) is 0 Å². The van der Waals surface area contributed by atoms with Crippen molar-refractivity contribution in [1.82, 2.24) is 14.7 Å². The van der Waals surface area contributed by atoms with E-state index in [-0.39, 0.29) is 30.0 Å². The summed E-state index contributed by atoms with van der Waals surface area (Å²) in [4.78, 5) is 15.7. The van der Waals surface area contributed by atoms with E-state index < -0.39 is 0 Å². The van der Waals surface area contributed by atoms with Crippen LogP contribution in [0.4, 0.5) is 0 Å². The molecule has 3 heterocycles. The highest BCUT2D eigenvalue weighted by atomic mass is 16.3. The minimum atomic E-state index is -0.263. The highest BCUT2D eigenvalue weighted by Crippen LogP contribution is 2.51. The Morgan fingerprint density at radius 3 is 2.50 bits per heavy atom. The van der Waals surface area contributed by atoms with Crippen LogP contribution < -0.4 is 0 Å². The molecular weight excluding hydrogens is 374 g/mol. The number of amides is 1. The third kappa shape index (κ3) is 3.05. The molecule has 2 aromatic carbocycles. The van der Waals surface area contributed by atoms with Gasteiger partial charge < -0.3 is 10.0 Å². The number of fused-ring (bicyclic) bond motifs is 2. The first-order valence-corrected chi connectivity index (χ1v) is 10.7. The van der Waals surface area contributed by atoms with E-state index in [0.717, 1.165) is 36.9 Å². The minimum Gasteiger partial charge on any atom is -0.396 e. The van der Waals surface area contributed by atoms with E-state index in [1.807, 2.05) is 66.5 Å². The average Bonchev–Trinajstić information content (AvgIpc) is 3.46. The predicted octanol–water partition coefficient (Wildman–Crippen LogP) is 3.69. The van der Waals surface area contributed by atoms with Gasteiger partial charge in [-0.3, -0.25) is 9.48 Å². The van der Waals surface area contributed by atoms with Crippen LogP contribution in [0.3, 0.4) is 0 Å². The van der Waals surface area contributed by atoms with Crippen LogP contribution in [0, 0.1) is 5.41 Å². The predicted molar refractivity (Wildman–Crippen MR) is 116 cm³/mol. The summed E-state index contributed by atoms with van der Waals surface area (Å²) in [5.41, 5.74) is 3.38. The van der Waals surface area contributed by atoms with Crippen LogP contribution in [0.15, 0.2) is 66.7 Å². The van der Waals surface area contributed by atoms with Gasteiger partial charge in [-0.25, -0.2) is 0 Å². The van der Waals surface area contributed by atoms with Crippen molar-refractivity contribution in [2.24, 2.45) is 12.5 Å². The summed E-state index contributed by atoms with van der Waals surface area (Å²) in [5.74, 6) is 0.0306. The van der Waals surface area contributed by atoms with Gasteiger partial charge in [-0.05, 0) is 37.3 Å². The van der Waals surface area contributed by atoms with Crippen LogP contribution in [-0.4, -0.2) is 44.4 Å². The van der Waals surface area contributed by atoms with E-state index in [1.54, 1.807) is 4.68 Å². The first-order chi connectivity index (χ1) is 14.6. The molecule has 5 heteroatoms. The molecule has 2 saturated heterocycles. The van der Waals surface area contributed by atoms with Crippen LogP contribution >= 0.6 is 0 Å². The molecule has 30 heavy (non-hydrogen) atoms. The van der Waals surface area contributed by atoms with Gasteiger partial charge in [0, 0.05) is 30.1 Å². The summed E-state index contributed by atoms with van der Waals surface area (Å²) in [5, 5.41) is 15.0. The zero-order valence-electron chi connectivity index (χ0n) is 17.2. The molecule has 0 radical (unpaired) electrons. The van der Waals surface area contributed by atoms with Crippen molar-refractivity contribution < 1.29 is 9.90 Å². The van der Waals surface area contributed by atoms with Gasteiger partial charge >= 0.3 is 0 Å². The zero-order chi connectivity index (χ0) is 20.7. The Labute approximate surface area is 177 Å². The third-order valence-electron chi connectivity index (χ3n) is 6.97. The van der Waals surface area contributed by atoms with Gasteiger partial charge in [-0.1, -0.05) is 60.7 Å². The largest absolute Gasteiger partial charge is 0.396 e. The van der Waals surface area contributed by atoms with Crippen molar-refractivity contribution in [3.8, 4) is 11.3 Å². The lowest BCUT2D eigenvalue weighted by atomic mass is 9.70. The Hall–Kier alpha value is -2.92. The van der Waals surface area contributed by atoms with E-state index in [2.05, 4.69) is 17.2 Å². The quantitative estimate of drug-likeness (QED) is 0.709. The summed E-state index contributed by atoms with van der Waals surface area (Å²) >= 11 is 0. The first kappa shape index (κ1) is 19.1. The van der Waals surface area contributed by atoms with Crippen LogP contribution in [-0.2, 0) is 13.5 Å². The number of carbonyl (C=O) groups is 1. The molecule has 2 aliphatic rings. The fourth-order valence-corrected chi connectivity index (χ4v) is 5.57. The number of nitrogens with zero attached hydrogens (tertiary/aromatic N) is 3. The molecule has 0 saturated carbocycles. The van der Waals surface area contributed by atoms with Crippen LogP contribution in [0.2, 0.25) is 0 Å². The number of aliphatic hydroxyl groups is 1. The Kier molecular flexibility index (Phi) is 4.70. The maximum atomic E-state index is 13.6. The van der Waals surface area contributed by atoms with E-state index in [4.69, 9.17) is 0 Å². The lowest BCUT2D eigenvalue weighted by molar-refractivity contribution is 0.0563. The normalized spacial score (nSPS) is 25.1. The van der Waals surface area contributed by atoms with Crippen molar-refractivity contribution in [2.75, 3.05) is 6.61 Å². The molecule has 1 amide bonds. The molecule has 2 aliphatic heterocycles. The monoisotopic (exact) mass is 401 g/mol. The number of hydrogen-bond donors (Lipinski definition) is 1.